The third-order valence-electron chi connectivity index (χ3n) is 2.15. The molecule has 4 nitrogen and oxygen atoms in total. The van der Waals surface area contributed by atoms with Gasteiger partial charge in [0.25, 0.3) is 11.8 Å². The van der Waals surface area contributed by atoms with Crippen LogP contribution in [0, 0.1) is 0 Å². The zero-order chi connectivity index (χ0) is 13.8. The molecule has 0 aliphatic rings. The van der Waals surface area contributed by atoms with Gasteiger partial charge < -0.3 is 15.2 Å². The molecular formula is C11H12ClF2NO3. The first-order valence-corrected chi connectivity index (χ1v) is 5.38. The van der Waals surface area contributed by atoms with Gasteiger partial charge >= 0.3 is 0 Å². The minimum absolute atomic E-state index is 0.0932. The van der Waals surface area contributed by atoms with Crippen molar-refractivity contribution in [3.05, 3.63) is 28.8 Å². The van der Waals surface area contributed by atoms with Gasteiger partial charge in [0, 0.05) is 5.02 Å². The number of ether oxygens (including phenoxy) is 1. The van der Waals surface area contributed by atoms with Crippen LogP contribution < -0.4 is 10.1 Å². The number of amides is 1. The Hall–Kier alpha value is -1.40. The minimum Gasteiger partial charge on any atom is -0.496 e. The summed E-state index contributed by atoms with van der Waals surface area (Å²) in [5.74, 6) is -3.89. The van der Waals surface area contributed by atoms with Crippen molar-refractivity contribution in [2.24, 2.45) is 0 Å². The summed E-state index contributed by atoms with van der Waals surface area (Å²) in [5, 5.41) is 10.7. The molecule has 1 aromatic carbocycles. The summed E-state index contributed by atoms with van der Waals surface area (Å²) in [4.78, 5) is 11.6. The van der Waals surface area contributed by atoms with E-state index in [1.165, 1.54) is 25.3 Å². The molecule has 0 saturated heterocycles. The number of methoxy groups -OCH3 is 1. The summed E-state index contributed by atoms with van der Waals surface area (Å²) in [6, 6.07) is 4.22. The first-order valence-electron chi connectivity index (χ1n) is 5.00. The van der Waals surface area contributed by atoms with Crippen LogP contribution in [0.4, 0.5) is 8.78 Å². The quantitative estimate of drug-likeness (QED) is 0.863. The molecule has 0 aliphatic carbocycles. The number of nitrogens with one attached hydrogen (secondary N) is 1. The maximum Gasteiger partial charge on any atom is 0.287 e. The highest BCUT2D eigenvalue weighted by atomic mass is 35.5. The number of halogens is 3. The number of hydrogen-bond acceptors (Lipinski definition) is 3. The van der Waals surface area contributed by atoms with E-state index in [2.05, 4.69) is 0 Å². The number of carbonyl (C=O) groups is 1. The standard InChI is InChI=1S/C11H12ClF2NO3/c1-18-9-4-7(12)2-3-8(9)10(17)15-5-11(13,14)6-16/h2-4,16H,5-6H2,1H3,(H,15,17). The molecule has 1 rings (SSSR count). The topological polar surface area (TPSA) is 58.6 Å². The van der Waals surface area contributed by atoms with E-state index in [9.17, 15) is 13.6 Å². The smallest absolute Gasteiger partial charge is 0.287 e. The van der Waals surface area contributed by atoms with Gasteiger partial charge in [-0.25, -0.2) is 8.78 Å². The van der Waals surface area contributed by atoms with Crippen molar-refractivity contribution < 1.29 is 23.4 Å². The van der Waals surface area contributed by atoms with E-state index in [0.29, 0.717) is 5.02 Å². The third-order valence-corrected chi connectivity index (χ3v) is 2.38. The Morgan fingerprint density at radius 2 is 2.22 bits per heavy atom. The Kier molecular flexibility index (Phi) is 4.86. The lowest BCUT2D eigenvalue weighted by atomic mass is 10.2. The van der Waals surface area contributed by atoms with E-state index in [1.807, 2.05) is 5.32 Å². The van der Waals surface area contributed by atoms with E-state index >= 15 is 0 Å². The Balaban J connectivity index is 2.79. The molecule has 2 N–H and O–H groups in total. The van der Waals surface area contributed by atoms with Gasteiger partial charge in [-0.15, -0.1) is 0 Å². The van der Waals surface area contributed by atoms with Crippen LogP contribution in [0.15, 0.2) is 18.2 Å². The van der Waals surface area contributed by atoms with Crippen LogP contribution in [0.5, 0.6) is 5.75 Å². The molecule has 0 aliphatic heterocycles. The third kappa shape index (κ3) is 3.82. The van der Waals surface area contributed by atoms with Gasteiger partial charge in [0.1, 0.15) is 12.4 Å². The highest BCUT2D eigenvalue weighted by Gasteiger charge is 2.28. The molecule has 0 heterocycles. The highest BCUT2D eigenvalue weighted by molar-refractivity contribution is 6.30. The Morgan fingerprint density at radius 3 is 2.78 bits per heavy atom. The molecule has 18 heavy (non-hydrogen) atoms. The van der Waals surface area contributed by atoms with Crippen LogP contribution in [0.2, 0.25) is 5.02 Å². The van der Waals surface area contributed by atoms with E-state index in [4.69, 9.17) is 21.4 Å². The summed E-state index contributed by atoms with van der Waals surface area (Å²) < 4.78 is 30.4. The number of aliphatic hydroxyl groups is 1. The molecule has 0 atom stereocenters. The maximum atomic E-state index is 12.8. The zero-order valence-electron chi connectivity index (χ0n) is 9.54. The van der Waals surface area contributed by atoms with Crippen molar-refractivity contribution in [1.29, 1.82) is 0 Å². The second-order valence-electron chi connectivity index (χ2n) is 3.54. The van der Waals surface area contributed by atoms with Crippen LogP contribution in [0.3, 0.4) is 0 Å². The molecule has 1 aromatic rings. The summed E-state index contributed by atoms with van der Waals surface area (Å²) in [6.45, 7) is -2.28. The van der Waals surface area contributed by atoms with Gasteiger partial charge in [-0.05, 0) is 18.2 Å². The Morgan fingerprint density at radius 1 is 1.56 bits per heavy atom. The lowest BCUT2D eigenvalue weighted by Gasteiger charge is -2.15. The number of aliphatic hydroxyl groups excluding tert-OH is 1. The van der Waals surface area contributed by atoms with Crippen LogP contribution in [0.25, 0.3) is 0 Å². The fourth-order valence-electron chi connectivity index (χ4n) is 1.21. The van der Waals surface area contributed by atoms with Gasteiger partial charge in [0.15, 0.2) is 0 Å². The molecule has 0 saturated carbocycles. The van der Waals surface area contributed by atoms with Crippen molar-refractivity contribution in [2.75, 3.05) is 20.3 Å². The average molecular weight is 280 g/mol. The van der Waals surface area contributed by atoms with Crippen molar-refractivity contribution in [1.82, 2.24) is 5.32 Å². The molecule has 0 aromatic heterocycles. The van der Waals surface area contributed by atoms with Crippen LogP contribution in [-0.2, 0) is 0 Å². The monoisotopic (exact) mass is 279 g/mol. The molecule has 0 fully saturated rings. The van der Waals surface area contributed by atoms with Gasteiger partial charge in [0.2, 0.25) is 0 Å². The zero-order valence-corrected chi connectivity index (χ0v) is 10.3. The molecular weight excluding hydrogens is 268 g/mol. The first kappa shape index (κ1) is 14.7. The maximum absolute atomic E-state index is 12.8. The molecule has 0 radical (unpaired) electrons. The number of benzene rings is 1. The first-order chi connectivity index (χ1) is 8.39. The number of rotatable bonds is 5. The lowest BCUT2D eigenvalue weighted by Crippen LogP contribution is -2.39. The van der Waals surface area contributed by atoms with Crippen LogP contribution in [-0.4, -0.2) is 37.2 Å². The van der Waals surface area contributed by atoms with E-state index in [1.54, 1.807) is 0 Å². The summed E-state index contributed by atoms with van der Waals surface area (Å²) in [7, 11) is 1.34. The van der Waals surface area contributed by atoms with Gasteiger partial charge in [0.05, 0.1) is 19.2 Å². The van der Waals surface area contributed by atoms with Crippen LogP contribution in [0.1, 0.15) is 10.4 Å². The van der Waals surface area contributed by atoms with E-state index < -0.39 is 25.0 Å². The largest absolute Gasteiger partial charge is 0.496 e. The summed E-state index contributed by atoms with van der Waals surface area (Å²) >= 11 is 5.71. The molecule has 0 bridgehead atoms. The van der Waals surface area contributed by atoms with Crippen molar-refractivity contribution in [2.45, 2.75) is 5.92 Å². The molecule has 100 valence electrons. The van der Waals surface area contributed by atoms with Crippen molar-refractivity contribution >= 4 is 17.5 Å². The molecule has 1 amide bonds. The van der Waals surface area contributed by atoms with E-state index in [-0.39, 0.29) is 11.3 Å². The van der Waals surface area contributed by atoms with Crippen molar-refractivity contribution in [3.63, 3.8) is 0 Å². The second kappa shape index (κ2) is 5.97. The average Bonchev–Trinajstić information content (AvgIpc) is 2.36. The van der Waals surface area contributed by atoms with Gasteiger partial charge in [-0.3, -0.25) is 4.79 Å². The van der Waals surface area contributed by atoms with Crippen LogP contribution >= 0.6 is 11.6 Å². The molecule has 0 spiro atoms. The molecule has 7 heteroatoms. The SMILES string of the molecule is COc1cc(Cl)ccc1C(=O)NCC(F)(F)CO. The summed E-state index contributed by atoms with van der Waals surface area (Å²) in [6.07, 6.45) is 0. The van der Waals surface area contributed by atoms with E-state index in [0.717, 1.165) is 0 Å². The summed E-state index contributed by atoms with van der Waals surface area (Å²) in [5.41, 5.74) is 0.0932. The number of hydrogen-bond donors (Lipinski definition) is 2. The molecule has 0 unspecified atom stereocenters. The second-order valence-corrected chi connectivity index (χ2v) is 3.98. The number of alkyl halides is 2. The fraction of sp³-hybridized carbons (Fsp3) is 0.364. The predicted octanol–water partition coefficient (Wildman–Crippen LogP) is 1.71. The Labute approximate surface area is 108 Å². The van der Waals surface area contributed by atoms with Gasteiger partial charge in [-0.1, -0.05) is 11.6 Å². The predicted molar refractivity (Wildman–Crippen MR) is 62.4 cm³/mol. The van der Waals surface area contributed by atoms with Gasteiger partial charge in [-0.2, -0.15) is 0 Å². The lowest BCUT2D eigenvalue weighted by molar-refractivity contribution is -0.0462. The normalized spacial score (nSPS) is 11.2. The minimum atomic E-state index is -3.35. The Bertz CT molecular complexity index is 440. The number of carbonyl (C=O) groups excluding carboxylic acids is 1. The fourth-order valence-corrected chi connectivity index (χ4v) is 1.38. The highest BCUT2D eigenvalue weighted by Crippen LogP contribution is 2.23. The van der Waals surface area contributed by atoms with Crippen molar-refractivity contribution in [3.8, 4) is 5.75 Å².